The fourth-order valence-electron chi connectivity index (χ4n) is 2.57. The number of phenols is 1. The summed E-state index contributed by atoms with van der Waals surface area (Å²) in [7, 11) is 1.73. The molecule has 22 heavy (non-hydrogen) atoms. The summed E-state index contributed by atoms with van der Waals surface area (Å²) < 4.78 is 0. The molecule has 1 heterocycles. The molecule has 1 aliphatic heterocycles. The van der Waals surface area contributed by atoms with Crippen LogP contribution in [0.15, 0.2) is 18.2 Å². The summed E-state index contributed by atoms with van der Waals surface area (Å²) in [5.74, 6) is -0.714. The van der Waals surface area contributed by atoms with Gasteiger partial charge in [-0.2, -0.15) is 0 Å². The van der Waals surface area contributed by atoms with E-state index in [1.807, 2.05) is 0 Å². The molecule has 0 spiro atoms. The van der Waals surface area contributed by atoms with Gasteiger partial charge < -0.3 is 15.3 Å². The molecular formula is C14H20ClN3O4. The van der Waals surface area contributed by atoms with Crippen molar-refractivity contribution in [1.29, 1.82) is 0 Å². The van der Waals surface area contributed by atoms with Gasteiger partial charge in [0.25, 0.3) is 5.91 Å². The third-order valence-corrected chi connectivity index (χ3v) is 3.83. The number of hydrogen-bond acceptors (Lipinski definition) is 5. The quantitative estimate of drug-likeness (QED) is 0.652. The van der Waals surface area contributed by atoms with Gasteiger partial charge in [-0.15, -0.1) is 12.4 Å². The van der Waals surface area contributed by atoms with Crippen LogP contribution in [0.25, 0.3) is 0 Å². The highest BCUT2D eigenvalue weighted by atomic mass is 35.5. The Bertz CT molecular complexity index is 545. The number of nitrogens with zero attached hydrogens (tertiary/aromatic N) is 2. The van der Waals surface area contributed by atoms with E-state index in [9.17, 15) is 20.0 Å². The Balaban J connectivity index is 0.00000242. The minimum Gasteiger partial charge on any atom is -0.502 e. The second-order valence-corrected chi connectivity index (χ2v) is 5.21. The Morgan fingerprint density at radius 3 is 2.77 bits per heavy atom. The molecule has 1 aromatic rings. The van der Waals surface area contributed by atoms with Gasteiger partial charge in [0.2, 0.25) is 0 Å². The van der Waals surface area contributed by atoms with Crippen LogP contribution in [0.4, 0.5) is 5.69 Å². The SMILES string of the molecule is CN(C(=O)c1ccc([N+](=O)[O-])c(O)c1)C1CCCNCC1.Cl. The third-order valence-electron chi connectivity index (χ3n) is 3.83. The van der Waals surface area contributed by atoms with Crippen LogP contribution in [0.2, 0.25) is 0 Å². The van der Waals surface area contributed by atoms with Crippen molar-refractivity contribution in [3.8, 4) is 5.75 Å². The summed E-state index contributed by atoms with van der Waals surface area (Å²) in [6.45, 7) is 1.82. The molecular weight excluding hydrogens is 310 g/mol. The summed E-state index contributed by atoms with van der Waals surface area (Å²) in [6.07, 6.45) is 2.81. The summed E-state index contributed by atoms with van der Waals surface area (Å²) in [6, 6.07) is 3.84. The van der Waals surface area contributed by atoms with Crippen LogP contribution in [0.1, 0.15) is 29.6 Å². The monoisotopic (exact) mass is 329 g/mol. The summed E-state index contributed by atoms with van der Waals surface area (Å²) in [5, 5.41) is 23.6. The first-order valence-electron chi connectivity index (χ1n) is 6.96. The number of phenolic OH excluding ortho intramolecular Hbond substituents is 1. The van der Waals surface area contributed by atoms with Crippen LogP contribution in [0.3, 0.4) is 0 Å². The second-order valence-electron chi connectivity index (χ2n) is 5.21. The van der Waals surface area contributed by atoms with E-state index in [4.69, 9.17) is 0 Å². The Labute approximate surface area is 134 Å². The highest BCUT2D eigenvalue weighted by Crippen LogP contribution is 2.27. The van der Waals surface area contributed by atoms with Crippen LogP contribution in [-0.4, -0.2) is 47.0 Å². The van der Waals surface area contributed by atoms with Gasteiger partial charge in [-0.05, 0) is 44.5 Å². The van der Waals surface area contributed by atoms with E-state index in [2.05, 4.69) is 5.32 Å². The number of nitrogens with one attached hydrogen (secondary N) is 1. The molecule has 0 aromatic heterocycles. The maximum atomic E-state index is 12.4. The largest absolute Gasteiger partial charge is 0.502 e. The van der Waals surface area contributed by atoms with Gasteiger partial charge in [-0.25, -0.2) is 0 Å². The van der Waals surface area contributed by atoms with Crippen molar-refractivity contribution in [2.45, 2.75) is 25.3 Å². The second kappa shape index (κ2) is 7.95. The lowest BCUT2D eigenvalue weighted by molar-refractivity contribution is -0.385. The average Bonchev–Trinajstić information content (AvgIpc) is 2.74. The molecule has 1 atom stereocenters. The molecule has 1 saturated heterocycles. The molecule has 0 radical (unpaired) electrons. The number of nitro benzene ring substituents is 1. The van der Waals surface area contributed by atoms with E-state index < -0.39 is 16.4 Å². The Hall–Kier alpha value is -1.86. The number of amides is 1. The fraction of sp³-hybridized carbons (Fsp3) is 0.500. The molecule has 2 N–H and O–H groups in total. The highest BCUT2D eigenvalue weighted by Gasteiger charge is 2.24. The maximum Gasteiger partial charge on any atom is 0.310 e. The molecule has 1 aromatic carbocycles. The molecule has 8 heteroatoms. The summed E-state index contributed by atoms with van der Waals surface area (Å²) >= 11 is 0. The number of benzene rings is 1. The summed E-state index contributed by atoms with van der Waals surface area (Å²) in [4.78, 5) is 24.1. The first-order chi connectivity index (χ1) is 10.0. The van der Waals surface area contributed by atoms with Crippen molar-refractivity contribution in [2.75, 3.05) is 20.1 Å². The lowest BCUT2D eigenvalue weighted by Gasteiger charge is -2.27. The van der Waals surface area contributed by atoms with Gasteiger partial charge in [0.1, 0.15) is 0 Å². The topological polar surface area (TPSA) is 95.7 Å². The van der Waals surface area contributed by atoms with Crippen molar-refractivity contribution in [3.63, 3.8) is 0 Å². The molecule has 2 rings (SSSR count). The van der Waals surface area contributed by atoms with Gasteiger partial charge in [0.15, 0.2) is 5.75 Å². The van der Waals surface area contributed by atoms with E-state index in [-0.39, 0.29) is 29.9 Å². The Morgan fingerprint density at radius 2 is 2.14 bits per heavy atom. The zero-order valence-corrected chi connectivity index (χ0v) is 13.1. The zero-order chi connectivity index (χ0) is 15.4. The fourth-order valence-corrected chi connectivity index (χ4v) is 2.57. The van der Waals surface area contributed by atoms with E-state index in [0.717, 1.165) is 44.5 Å². The smallest absolute Gasteiger partial charge is 0.310 e. The maximum absolute atomic E-state index is 12.4. The molecule has 1 aliphatic rings. The van der Waals surface area contributed by atoms with E-state index in [1.165, 1.54) is 6.07 Å². The molecule has 122 valence electrons. The van der Waals surface area contributed by atoms with Gasteiger partial charge >= 0.3 is 5.69 Å². The number of halogens is 1. The third kappa shape index (κ3) is 4.08. The van der Waals surface area contributed by atoms with Crippen molar-refractivity contribution < 1.29 is 14.8 Å². The Kier molecular flexibility index (Phi) is 6.58. The number of aromatic hydroxyl groups is 1. The lowest BCUT2D eigenvalue weighted by Crippen LogP contribution is -2.37. The van der Waals surface area contributed by atoms with Crippen LogP contribution in [0.5, 0.6) is 5.75 Å². The Morgan fingerprint density at radius 1 is 1.41 bits per heavy atom. The number of nitro groups is 1. The predicted octanol–water partition coefficient (Wildman–Crippen LogP) is 1.94. The first-order valence-corrected chi connectivity index (χ1v) is 6.96. The van der Waals surface area contributed by atoms with Crippen molar-refractivity contribution in [2.24, 2.45) is 0 Å². The molecule has 1 fully saturated rings. The van der Waals surface area contributed by atoms with Crippen LogP contribution >= 0.6 is 12.4 Å². The molecule has 1 amide bonds. The lowest BCUT2D eigenvalue weighted by atomic mass is 10.1. The van der Waals surface area contributed by atoms with Crippen LogP contribution < -0.4 is 5.32 Å². The summed E-state index contributed by atoms with van der Waals surface area (Å²) in [5.41, 5.74) is -0.134. The van der Waals surface area contributed by atoms with Crippen molar-refractivity contribution in [3.05, 3.63) is 33.9 Å². The van der Waals surface area contributed by atoms with E-state index in [0.29, 0.717) is 0 Å². The molecule has 0 saturated carbocycles. The predicted molar refractivity (Wildman–Crippen MR) is 84.6 cm³/mol. The molecule has 0 bridgehead atoms. The average molecular weight is 330 g/mol. The normalized spacial score (nSPS) is 18.0. The van der Waals surface area contributed by atoms with Crippen molar-refractivity contribution in [1.82, 2.24) is 10.2 Å². The van der Waals surface area contributed by atoms with E-state index in [1.54, 1.807) is 11.9 Å². The minimum atomic E-state index is -0.676. The molecule has 0 aliphatic carbocycles. The molecule has 1 unspecified atom stereocenters. The van der Waals surface area contributed by atoms with Gasteiger partial charge in [0, 0.05) is 24.7 Å². The van der Waals surface area contributed by atoms with Gasteiger partial charge in [-0.1, -0.05) is 0 Å². The first kappa shape index (κ1) is 18.2. The number of carbonyl (C=O) groups is 1. The number of carbonyl (C=O) groups excluding carboxylic acids is 1. The van der Waals surface area contributed by atoms with E-state index >= 15 is 0 Å². The zero-order valence-electron chi connectivity index (χ0n) is 12.3. The highest BCUT2D eigenvalue weighted by molar-refractivity contribution is 5.95. The van der Waals surface area contributed by atoms with Crippen LogP contribution in [-0.2, 0) is 0 Å². The number of rotatable bonds is 3. The standard InChI is InChI=1S/C14H19N3O4.ClH/c1-16(11-3-2-7-15-8-6-11)14(19)10-4-5-12(17(20)21)13(18)9-10;/h4-5,9,11,15,18H,2-3,6-8H2,1H3;1H. The molecule has 7 nitrogen and oxygen atoms in total. The van der Waals surface area contributed by atoms with Crippen molar-refractivity contribution >= 4 is 24.0 Å². The minimum absolute atomic E-state index is 0. The van der Waals surface area contributed by atoms with Gasteiger partial charge in [-0.3, -0.25) is 14.9 Å². The van der Waals surface area contributed by atoms with Crippen LogP contribution in [0, 0.1) is 10.1 Å². The number of hydrogen-bond donors (Lipinski definition) is 2. The van der Waals surface area contributed by atoms with Gasteiger partial charge in [0.05, 0.1) is 4.92 Å².